The van der Waals surface area contributed by atoms with Crippen molar-refractivity contribution in [2.45, 2.75) is 6.92 Å². The Morgan fingerprint density at radius 1 is 1.05 bits per heavy atom. The van der Waals surface area contributed by atoms with Gasteiger partial charge in [0, 0.05) is 21.3 Å². The van der Waals surface area contributed by atoms with Gasteiger partial charge in [-0.3, -0.25) is 15.6 Å². The summed E-state index contributed by atoms with van der Waals surface area (Å²) in [5, 5.41) is 4.38. The number of hydrogen-bond acceptors (Lipinski definition) is 2. The van der Waals surface area contributed by atoms with E-state index >= 15 is 0 Å². The van der Waals surface area contributed by atoms with E-state index in [2.05, 4.69) is 16.2 Å². The number of rotatable bonds is 2. The van der Waals surface area contributed by atoms with Crippen molar-refractivity contribution in [3.05, 3.63) is 63.6 Å². The molecular formula is C15H13Cl2N3OS. The number of hydrazine groups is 1. The van der Waals surface area contributed by atoms with E-state index in [1.807, 2.05) is 19.1 Å². The minimum absolute atomic E-state index is 0.252. The maximum Gasteiger partial charge on any atom is 0.269 e. The number of amides is 1. The van der Waals surface area contributed by atoms with Gasteiger partial charge in [-0.25, -0.2) is 0 Å². The summed E-state index contributed by atoms with van der Waals surface area (Å²) in [5.74, 6) is -0.317. The Balaban J connectivity index is 1.88. The largest absolute Gasteiger partial charge is 0.331 e. The topological polar surface area (TPSA) is 53.2 Å². The lowest BCUT2D eigenvalue weighted by molar-refractivity contribution is 0.0944. The summed E-state index contributed by atoms with van der Waals surface area (Å²) in [4.78, 5) is 11.9. The van der Waals surface area contributed by atoms with E-state index in [4.69, 9.17) is 35.4 Å². The number of thiocarbonyl (C=S) groups is 1. The van der Waals surface area contributed by atoms with E-state index in [0.29, 0.717) is 15.6 Å². The van der Waals surface area contributed by atoms with Crippen molar-refractivity contribution >= 4 is 52.1 Å². The van der Waals surface area contributed by atoms with Gasteiger partial charge in [0.05, 0.1) is 0 Å². The predicted octanol–water partition coefficient (Wildman–Crippen LogP) is 3.93. The van der Waals surface area contributed by atoms with Crippen LogP contribution in [0.25, 0.3) is 0 Å². The third kappa shape index (κ3) is 4.59. The summed E-state index contributed by atoms with van der Waals surface area (Å²) < 4.78 is 0. The first-order valence-electron chi connectivity index (χ1n) is 6.35. The van der Waals surface area contributed by atoms with Crippen LogP contribution in [0, 0.1) is 6.92 Å². The number of carbonyl (C=O) groups is 1. The van der Waals surface area contributed by atoms with Crippen molar-refractivity contribution in [2.24, 2.45) is 0 Å². The van der Waals surface area contributed by atoms with Crippen LogP contribution < -0.4 is 16.2 Å². The molecule has 4 nitrogen and oxygen atoms in total. The van der Waals surface area contributed by atoms with Crippen molar-refractivity contribution in [1.82, 2.24) is 10.9 Å². The van der Waals surface area contributed by atoms with Crippen molar-refractivity contribution in [1.29, 1.82) is 0 Å². The van der Waals surface area contributed by atoms with E-state index in [1.54, 1.807) is 30.3 Å². The van der Waals surface area contributed by atoms with E-state index in [9.17, 15) is 4.79 Å². The monoisotopic (exact) mass is 353 g/mol. The molecular weight excluding hydrogens is 341 g/mol. The summed E-state index contributed by atoms with van der Waals surface area (Å²) in [6.07, 6.45) is 0. The molecule has 0 bridgehead atoms. The smallest absolute Gasteiger partial charge is 0.269 e. The van der Waals surface area contributed by atoms with Crippen molar-refractivity contribution in [3.8, 4) is 0 Å². The molecule has 2 aromatic rings. The van der Waals surface area contributed by atoms with Gasteiger partial charge >= 0.3 is 0 Å². The van der Waals surface area contributed by atoms with Gasteiger partial charge < -0.3 is 5.32 Å². The van der Waals surface area contributed by atoms with E-state index in [-0.39, 0.29) is 11.0 Å². The van der Waals surface area contributed by atoms with E-state index in [0.717, 1.165) is 11.3 Å². The van der Waals surface area contributed by atoms with Crippen molar-refractivity contribution in [2.75, 3.05) is 5.32 Å². The summed E-state index contributed by atoms with van der Waals surface area (Å²) in [7, 11) is 0. The first-order valence-corrected chi connectivity index (χ1v) is 7.51. The Hall–Kier alpha value is -1.82. The lowest BCUT2D eigenvalue weighted by Crippen LogP contribution is -2.43. The molecule has 0 aliphatic heterocycles. The molecule has 0 spiro atoms. The first-order chi connectivity index (χ1) is 10.5. The molecule has 2 aromatic carbocycles. The third-order valence-corrected chi connectivity index (χ3v) is 3.69. The van der Waals surface area contributed by atoms with Gasteiger partial charge in [-0.15, -0.1) is 0 Å². The highest BCUT2D eigenvalue weighted by Crippen LogP contribution is 2.19. The van der Waals surface area contributed by atoms with Crippen molar-refractivity contribution < 1.29 is 4.79 Å². The van der Waals surface area contributed by atoms with Gasteiger partial charge in [0.15, 0.2) is 5.11 Å². The fraction of sp³-hybridized carbons (Fsp3) is 0.0667. The molecule has 0 unspecified atom stereocenters. The lowest BCUT2D eigenvalue weighted by atomic mass is 10.2. The average Bonchev–Trinajstić information content (AvgIpc) is 2.49. The molecule has 0 aliphatic carbocycles. The SMILES string of the molecule is Cc1ccc(NC(=S)NNC(=O)c2ccc(Cl)cc2)cc1Cl. The van der Waals surface area contributed by atoms with Crippen LogP contribution in [0.15, 0.2) is 42.5 Å². The number of aryl methyl sites for hydroxylation is 1. The van der Waals surface area contributed by atoms with Crippen LogP contribution in [0.4, 0.5) is 5.69 Å². The van der Waals surface area contributed by atoms with Crippen LogP contribution in [0.1, 0.15) is 15.9 Å². The molecule has 0 atom stereocenters. The highest BCUT2D eigenvalue weighted by molar-refractivity contribution is 7.80. The van der Waals surface area contributed by atoms with Crippen molar-refractivity contribution in [3.63, 3.8) is 0 Å². The molecule has 7 heteroatoms. The van der Waals surface area contributed by atoms with Gasteiger partial charge in [-0.1, -0.05) is 29.3 Å². The second-order valence-electron chi connectivity index (χ2n) is 4.50. The molecule has 0 radical (unpaired) electrons. The Morgan fingerprint density at radius 3 is 2.36 bits per heavy atom. The molecule has 0 aromatic heterocycles. The molecule has 114 valence electrons. The Morgan fingerprint density at radius 2 is 1.73 bits per heavy atom. The molecule has 2 rings (SSSR count). The highest BCUT2D eigenvalue weighted by Gasteiger charge is 2.06. The summed E-state index contributed by atoms with van der Waals surface area (Å²) >= 11 is 16.9. The number of hydrogen-bond donors (Lipinski definition) is 3. The molecule has 0 saturated carbocycles. The highest BCUT2D eigenvalue weighted by atomic mass is 35.5. The standard InChI is InChI=1S/C15H13Cl2N3OS/c1-9-2-7-12(8-13(9)17)18-15(22)20-19-14(21)10-3-5-11(16)6-4-10/h2-8H,1H3,(H,19,21)(H2,18,20,22). The van der Waals surface area contributed by atoms with Gasteiger partial charge in [0.25, 0.3) is 5.91 Å². The Labute approximate surface area is 143 Å². The molecule has 0 fully saturated rings. The number of halogens is 2. The van der Waals surface area contributed by atoms with Gasteiger partial charge in [0.2, 0.25) is 0 Å². The van der Waals surface area contributed by atoms with Crippen LogP contribution in [-0.4, -0.2) is 11.0 Å². The maximum absolute atomic E-state index is 11.9. The third-order valence-electron chi connectivity index (χ3n) is 2.83. The van der Waals surface area contributed by atoms with Crippen LogP contribution in [-0.2, 0) is 0 Å². The first kappa shape index (κ1) is 16.5. The minimum Gasteiger partial charge on any atom is -0.331 e. The molecule has 0 heterocycles. The zero-order valence-electron chi connectivity index (χ0n) is 11.6. The van der Waals surface area contributed by atoms with Crippen LogP contribution in [0.3, 0.4) is 0 Å². The normalized spacial score (nSPS) is 9.95. The minimum atomic E-state index is -0.317. The fourth-order valence-corrected chi connectivity index (χ4v) is 2.10. The number of benzene rings is 2. The van der Waals surface area contributed by atoms with Crippen LogP contribution >= 0.6 is 35.4 Å². The predicted molar refractivity (Wildman–Crippen MR) is 94.5 cm³/mol. The summed E-state index contributed by atoms with van der Waals surface area (Å²) in [6.45, 7) is 1.91. The second-order valence-corrected chi connectivity index (χ2v) is 5.76. The average molecular weight is 354 g/mol. The Kier molecular flexibility index (Phi) is 5.60. The Bertz CT molecular complexity index is 704. The zero-order chi connectivity index (χ0) is 16.1. The zero-order valence-corrected chi connectivity index (χ0v) is 13.9. The van der Waals surface area contributed by atoms with Gasteiger partial charge in [-0.2, -0.15) is 0 Å². The number of anilines is 1. The molecule has 1 amide bonds. The molecule has 0 aliphatic rings. The second kappa shape index (κ2) is 7.45. The van der Waals surface area contributed by atoms with Gasteiger partial charge in [-0.05, 0) is 61.1 Å². The van der Waals surface area contributed by atoms with E-state index in [1.165, 1.54) is 0 Å². The number of nitrogens with one attached hydrogen (secondary N) is 3. The van der Waals surface area contributed by atoms with Crippen LogP contribution in [0.5, 0.6) is 0 Å². The molecule has 3 N–H and O–H groups in total. The molecule has 0 saturated heterocycles. The summed E-state index contributed by atoms with van der Waals surface area (Å²) in [6, 6.07) is 12.0. The quantitative estimate of drug-likeness (QED) is 0.565. The lowest BCUT2D eigenvalue weighted by Gasteiger charge is -2.12. The van der Waals surface area contributed by atoms with E-state index < -0.39 is 0 Å². The number of carbonyl (C=O) groups excluding carboxylic acids is 1. The van der Waals surface area contributed by atoms with Gasteiger partial charge in [0.1, 0.15) is 0 Å². The molecule has 22 heavy (non-hydrogen) atoms. The fourth-order valence-electron chi connectivity index (χ4n) is 1.62. The summed E-state index contributed by atoms with van der Waals surface area (Å²) in [5.41, 5.74) is 7.29. The van der Waals surface area contributed by atoms with Crippen LogP contribution in [0.2, 0.25) is 10.0 Å². The maximum atomic E-state index is 11.9.